The zero-order valence-electron chi connectivity index (χ0n) is 15.8. The van der Waals surface area contributed by atoms with Gasteiger partial charge in [0.2, 0.25) is 10.0 Å². The molecular formula is C19H21ClN4O4S. The fourth-order valence-corrected chi connectivity index (χ4v) is 3.67. The molecule has 1 heterocycles. The van der Waals surface area contributed by atoms with E-state index >= 15 is 0 Å². The lowest BCUT2D eigenvalue weighted by Gasteiger charge is -2.35. The summed E-state index contributed by atoms with van der Waals surface area (Å²) in [6.07, 6.45) is 1.05. The normalized spacial score (nSPS) is 14.4. The lowest BCUT2D eigenvalue weighted by molar-refractivity contribution is -0.143. The van der Waals surface area contributed by atoms with Crippen LogP contribution in [0.5, 0.6) is 0 Å². The number of carbonyl (C=O) groups excluding carboxylic acids is 2. The van der Waals surface area contributed by atoms with Gasteiger partial charge in [0.25, 0.3) is 0 Å². The van der Waals surface area contributed by atoms with Crippen molar-refractivity contribution in [2.45, 2.75) is 0 Å². The van der Waals surface area contributed by atoms with E-state index in [1.807, 2.05) is 24.3 Å². The maximum atomic E-state index is 12.4. The van der Waals surface area contributed by atoms with Gasteiger partial charge >= 0.3 is 11.8 Å². The minimum Gasteiger partial charge on any atom is -0.368 e. The van der Waals surface area contributed by atoms with Gasteiger partial charge in [-0.15, -0.1) is 0 Å². The molecule has 0 spiro atoms. The molecule has 2 amide bonds. The van der Waals surface area contributed by atoms with Gasteiger partial charge in [-0.25, -0.2) is 8.42 Å². The molecule has 1 saturated heterocycles. The highest BCUT2D eigenvalue weighted by molar-refractivity contribution is 7.92. The number of nitrogens with zero attached hydrogens (tertiary/aromatic N) is 2. The summed E-state index contributed by atoms with van der Waals surface area (Å²) in [5, 5.41) is 3.21. The van der Waals surface area contributed by atoms with Crippen molar-refractivity contribution in [1.29, 1.82) is 0 Å². The van der Waals surface area contributed by atoms with Crippen LogP contribution in [0.3, 0.4) is 0 Å². The Balaban J connectivity index is 1.53. The first kappa shape index (κ1) is 20.9. The van der Waals surface area contributed by atoms with Gasteiger partial charge in [0.1, 0.15) is 0 Å². The number of hydrogen-bond acceptors (Lipinski definition) is 5. The molecule has 0 aromatic heterocycles. The molecule has 0 unspecified atom stereocenters. The summed E-state index contributed by atoms with van der Waals surface area (Å²) in [6.45, 7) is 2.11. The number of hydrogen-bond donors (Lipinski definition) is 2. The summed E-state index contributed by atoms with van der Waals surface area (Å²) in [5.41, 5.74) is 1.80. The van der Waals surface area contributed by atoms with Gasteiger partial charge in [0, 0.05) is 48.3 Å². The molecule has 1 aliphatic rings. The molecule has 0 radical (unpaired) electrons. The second kappa shape index (κ2) is 8.71. The van der Waals surface area contributed by atoms with Crippen LogP contribution in [-0.4, -0.2) is 57.6 Å². The summed E-state index contributed by atoms with van der Waals surface area (Å²) in [6, 6.07) is 13.5. The molecule has 10 heteroatoms. The van der Waals surface area contributed by atoms with Gasteiger partial charge in [-0.2, -0.15) is 0 Å². The second-order valence-electron chi connectivity index (χ2n) is 6.66. The third-order valence-corrected chi connectivity index (χ3v) is 5.26. The molecule has 3 rings (SSSR count). The van der Waals surface area contributed by atoms with Crippen molar-refractivity contribution in [3.8, 4) is 0 Å². The predicted molar refractivity (Wildman–Crippen MR) is 114 cm³/mol. The van der Waals surface area contributed by atoms with Crippen LogP contribution in [0.4, 0.5) is 17.1 Å². The van der Waals surface area contributed by atoms with E-state index in [9.17, 15) is 18.0 Å². The van der Waals surface area contributed by atoms with Crippen LogP contribution in [0.15, 0.2) is 48.5 Å². The molecule has 2 aromatic carbocycles. The first-order valence-electron chi connectivity index (χ1n) is 8.90. The van der Waals surface area contributed by atoms with E-state index in [0.717, 1.165) is 11.9 Å². The SMILES string of the molecule is CS(=O)(=O)Nc1ccc(NC(=O)C(=O)N2CCN(c3ccc(Cl)cc3)CC2)cc1. The maximum absolute atomic E-state index is 12.4. The summed E-state index contributed by atoms with van der Waals surface area (Å²) in [4.78, 5) is 28.3. The van der Waals surface area contributed by atoms with Crippen LogP contribution in [-0.2, 0) is 19.6 Å². The average Bonchev–Trinajstić information content (AvgIpc) is 2.68. The minimum absolute atomic E-state index is 0.371. The molecule has 2 aromatic rings. The number of piperazine rings is 1. The Morgan fingerprint density at radius 3 is 2.00 bits per heavy atom. The van der Waals surface area contributed by atoms with Crippen LogP contribution in [0, 0.1) is 0 Å². The van der Waals surface area contributed by atoms with Crippen LogP contribution < -0.4 is 14.9 Å². The smallest absolute Gasteiger partial charge is 0.313 e. The van der Waals surface area contributed by atoms with E-state index in [4.69, 9.17) is 11.6 Å². The van der Waals surface area contributed by atoms with Crippen LogP contribution >= 0.6 is 11.6 Å². The standard InChI is InChI=1S/C19H21ClN4O4S/c1-29(27,28)22-16-6-4-15(5-7-16)21-18(25)19(26)24-12-10-23(11-13-24)17-8-2-14(20)3-9-17/h2-9,22H,10-13H2,1H3,(H,21,25). The van der Waals surface area contributed by atoms with E-state index in [2.05, 4.69) is 14.9 Å². The summed E-state index contributed by atoms with van der Waals surface area (Å²) in [7, 11) is -3.38. The Morgan fingerprint density at radius 2 is 1.45 bits per heavy atom. The van der Waals surface area contributed by atoms with Crippen LogP contribution in [0.2, 0.25) is 5.02 Å². The highest BCUT2D eigenvalue weighted by atomic mass is 35.5. The molecule has 2 N–H and O–H groups in total. The minimum atomic E-state index is -3.38. The molecule has 154 valence electrons. The highest BCUT2D eigenvalue weighted by Gasteiger charge is 2.26. The topological polar surface area (TPSA) is 98.8 Å². The molecule has 0 saturated carbocycles. The van der Waals surface area contributed by atoms with Crippen molar-refractivity contribution in [1.82, 2.24) is 4.90 Å². The zero-order valence-corrected chi connectivity index (χ0v) is 17.3. The van der Waals surface area contributed by atoms with Gasteiger partial charge < -0.3 is 15.1 Å². The number of carbonyl (C=O) groups is 2. The Kier molecular flexibility index (Phi) is 6.29. The quantitative estimate of drug-likeness (QED) is 0.714. The number of sulfonamides is 1. The number of anilines is 3. The van der Waals surface area contributed by atoms with E-state index in [-0.39, 0.29) is 0 Å². The fraction of sp³-hybridized carbons (Fsp3) is 0.263. The first-order valence-corrected chi connectivity index (χ1v) is 11.2. The molecule has 1 fully saturated rings. The third kappa shape index (κ3) is 5.85. The Morgan fingerprint density at radius 1 is 0.897 bits per heavy atom. The Hall–Kier alpha value is -2.78. The summed E-state index contributed by atoms with van der Waals surface area (Å²) >= 11 is 5.91. The summed E-state index contributed by atoms with van der Waals surface area (Å²) in [5.74, 6) is -1.33. The molecule has 29 heavy (non-hydrogen) atoms. The monoisotopic (exact) mass is 436 g/mol. The van der Waals surface area contributed by atoms with Crippen molar-refractivity contribution in [2.75, 3.05) is 47.4 Å². The molecule has 0 aliphatic carbocycles. The van der Waals surface area contributed by atoms with E-state index < -0.39 is 21.8 Å². The van der Waals surface area contributed by atoms with Gasteiger partial charge in [0.15, 0.2) is 0 Å². The predicted octanol–water partition coefficient (Wildman–Crippen LogP) is 2.00. The highest BCUT2D eigenvalue weighted by Crippen LogP contribution is 2.20. The number of benzene rings is 2. The number of halogens is 1. The number of amides is 2. The van der Waals surface area contributed by atoms with Crippen molar-refractivity contribution >= 4 is 50.5 Å². The van der Waals surface area contributed by atoms with E-state index in [1.165, 1.54) is 29.2 Å². The van der Waals surface area contributed by atoms with Gasteiger partial charge in [0.05, 0.1) is 6.26 Å². The van der Waals surface area contributed by atoms with E-state index in [0.29, 0.717) is 42.6 Å². The Labute approximate surface area is 174 Å². The van der Waals surface area contributed by atoms with E-state index in [1.54, 1.807) is 0 Å². The van der Waals surface area contributed by atoms with Gasteiger partial charge in [-0.05, 0) is 48.5 Å². The molecule has 1 aliphatic heterocycles. The average molecular weight is 437 g/mol. The van der Waals surface area contributed by atoms with Crippen molar-refractivity contribution in [3.05, 3.63) is 53.6 Å². The van der Waals surface area contributed by atoms with Crippen molar-refractivity contribution in [3.63, 3.8) is 0 Å². The second-order valence-corrected chi connectivity index (χ2v) is 8.85. The number of rotatable bonds is 4. The lowest BCUT2D eigenvalue weighted by Crippen LogP contribution is -2.51. The molecule has 0 atom stereocenters. The fourth-order valence-electron chi connectivity index (χ4n) is 2.98. The first-order chi connectivity index (χ1) is 13.7. The van der Waals surface area contributed by atoms with Crippen molar-refractivity contribution in [2.24, 2.45) is 0 Å². The van der Waals surface area contributed by atoms with Crippen molar-refractivity contribution < 1.29 is 18.0 Å². The third-order valence-electron chi connectivity index (χ3n) is 4.40. The maximum Gasteiger partial charge on any atom is 0.313 e. The van der Waals surface area contributed by atoms with Gasteiger partial charge in [-0.1, -0.05) is 11.6 Å². The zero-order chi connectivity index (χ0) is 21.0. The van der Waals surface area contributed by atoms with Crippen LogP contribution in [0.25, 0.3) is 0 Å². The molecular weight excluding hydrogens is 416 g/mol. The Bertz CT molecular complexity index is 986. The van der Waals surface area contributed by atoms with Crippen LogP contribution in [0.1, 0.15) is 0 Å². The lowest BCUT2D eigenvalue weighted by atomic mass is 10.2. The molecule has 0 bridgehead atoms. The largest absolute Gasteiger partial charge is 0.368 e. The van der Waals surface area contributed by atoms with Gasteiger partial charge in [-0.3, -0.25) is 14.3 Å². The molecule has 8 nitrogen and oxygen atoms in total. The number of nitrogens with one attached hydrogen (secondary N) is 2. The summed E-state index contributed by atoms with van der Waals surface area (Å²) < 4.78 is 24.8.